The highest BCUT2D eigenvalue weighted by molar-refractivity contribution is 7.15. The quantitative estimate of drug-likeness (QED) is 0.894. The molecule has 0 aliphatic carbocycles. The molecule has 0 radical (unpaired) electrons. The number of aromatic nitrogens is 1. The Morgan fingerprint density at radius 3 is 2.75 bits per heavy atom. The molecule has 1 heterocycles. The summed E-state index contributed by atoms with van der Waals surface area (Å²) < 4.78 is 13.1. The zero-order valence-electron chi connectivity index (χ0n) is 8.63. The van der Waals surface area contributed by atoms with Gasteiger partial charge >= 0.3 is 0 Å². The van der Waals surface area contributed by atoms with Crippen LogP contribution in [0.3, 0.4) is 0 Å². The van der Waals surface area contributed by atoms with E-state index >= 15 is 0 Å². The van der Waals surface area contributed by atoms with Crippen LogP contribution in [0.5, 0.6) is 0 Å². The number of nitrogen functional groups attached to an aromatic ring is 1. The summed E-state index contributed by atoms with van der Waals surface area (Å²) in [7, 11) is 0. The van der Waals surface area contributed by atoms with Gasteiger partial charge < -0.3 is 5.73 Å². The zero-order chi connectivity index (χ0) is 11.7. The summed E-state index contributed by atoms with van der Waals surface area (Å²) in [6, 6.07) is 4.51. The van der Waals surface area contributed by atoms with Gasteiger partial charge in [0.15, 0.2) is 5.13 Å². The normalized spacial score (nSPS) is 10.7. The third-order valence-electron chi connectivity index (χ3n) is 2.20. The molecule has 0 saturated carbocycles. The fourth-order valence-electron chi connectivity index (χ4n) is 1.51. The lowest BCUT2D eigenvalue weighted by atomic mass is 10.1. The highest BCUT2D eigenvalue weighted by Gasteiger charge is 2.07. The van der Waals surface area contributed by atoms with E-state index in [9.17, 15) is 4.39 Å². The van der Waals surface area contributed by atoms with E-state index in [0.29, 0.717) is 16.6 Å². The Hall–Kier alpha value is -1.13. The first kappa shape index (κ1) is 11.4. The molecule has 1 aromatic carbocycles. The van der Waals surface area contributed by atoms with Crippen molar-refractivity contribution in [1.29, 1.82) is 0 Å². The molecule has 2 nitrogen and oxygen atoms in total. The highest BCUT2D eigenvalue weighted by atomic mass is 35.5. The first-order valence-corrected chi connectivity index (χ1v) is 5.91. The molecule has 0 amide bonds. The minimum Gasteiger partial charge on any atom is -0.375 e. The molecule has 0 aliphatic heterocycles. The maximum Gasteiger partial charge on any atom is 0.180 e. The summed E-state index contributed by atoms with van der Waals surface area (Å²) in [6.07, 6.45) is 0.609. The highest BCUT2D eigenvalue weighted by Crippen LogP contribution is 2.24. The van der Waals surface area contributed by atoms with Crippen LogP contribution in [-0.4, -0.2) is 4.98 Å². The number of rotatable bonds is 2. The first-order chi connectivity index (χ1) is 7.54. The minimum absolute atomic E-state index is 0.322. The maximum absolute atomic E-state index is 13.1. The van der Waals surface area contributed by atoms with Crippen LogP contribution in [0.1, 0.15) is 16.1 Å². The Morgan fingerprint density at radius 2 is 2.19 bits per heavy atom. The van der Waals surface area contributed by atoms with Gasteiger partial charge in [-0.2, -0.15) is 0 Å². The molecule has 0 unspecified atom stereocenters. The molecule has 84 valence electrons. The van der Waals surface area contributed by atoms with Gasteiger partial charge in [-0.15, -0.1) is 11.3 Å². The lowest BCUT2D eigenvalue weighted by Gasteiger charge is -2.01. The molecule has 0 fully saturated rings. The van der Waals surface area contributed by atoms with Gasteiger partial charge in [-0.05, 0) is 30.7 Å². The summed E-state index contributed by atoms with van der Waals surface area (Å²) in [5.74, 6) is -0.322. The Balaban J connectivity index is 2.30. The van der Waals surface area contributed by atoms with Crippen LogP contribution in [0.2, 0.25) is 5.02 Å². The van der Waals surface area contributed by atoms with Crippen molar-refractivity contribution in [3.8, 4) is 0 Å². The van der Waals surface area contributed by atoms with Gasteiger partial charge in [-0.1, -0.05) is 11.6 Å². The SMILES string of the molecule is Cc1nc(N)sc1Cc1cc(F)cc(Cl)c1. The van der Waals surface area contributed by atoms with E-state index in [0.717, 1.165) is 16.1 Å². The van der Waals surface area contributed by atoms with Gasteiger partial charge in [0.05, 0.1) is 5.69 Å². The number of nitrogens with two attached hydrogens (primary N) is 1. The van der Waals surface area contributed by atoms with E-state index in [4.69, 9.17) is 17.3 Å². The number of thiazole rings is 1. The van der Waals surface area contributed by atoms with E-state index in [1.54, 1.807) is 6.07 Å². The van der Waals surface area contributed by atoms with Crippen LogP contribution in [-0.2, 0) is 6.42 Å². The standard InChI is InChI=1S/C11H10ClFN2S/c1-6-10(16-11(14)15-6)4-7-2-8(12)5-9(13)3-7/h2-3,5H,4H2,1H3,(H2,14,15). The second-order valence-corrected chi connectivity index (χ2v) is 5.07. The van der Waals surface area contributed by atoms with Crippen molar-refractivity contribution in [3.05, 3.63) is 45.2 Å². The predicted molar refractivity (Wildman–Crippen MR) is 65.5 cm³/mol. The summed E-state index contributed by atoms with van der Waals surface area (Å²) >= 11 is 7.21. The van der Waals surface area contributed by atoms with Crippen molar-refractivity contribution in [2.45, 2.75) is 13.3 Å². The van der Waals surface area contributed by atoms with Gasteiger partial charge in [-0.3, -0.25) is 0 Å². The van der Waals surface area contributed by atoms with E-state index in [-0.39, 0.29) is 5.82 Å². The fraction of sp³-hybridized carbons (Fsp3) is 0.182. The van der Waals surface area contributed by atoms with Crippen molar-refractivity contribution in [1.82, 2.24) is 4.98 Å². The second kappa shape index (κ2) is 4.39. The monoisotopic (exact) mass is 256 g/mol. The van der Waals surface area contributed by atoms with Crippen LogP contribution >= 0.6 is 22.9 Å². The van der Waals surface area contributed by atoms with Crippen LogP contribution in [0, 0.1) is 12.7 Å². The first-order valence-electron chi connectivity index (χ1n) is 4.71. The Morgan fingerprint density at radius 1 is 1.44 bits per heavy atom. The van der Waals surface area contributed by atoms with Crippen LogP contribution < -0.4 is 5.73 Å². The molecule has 0 spiro atoms. The lowest BCUT2D eigenvalue weighted by molar-refractivity contribution is 0.626. The average Bonchev–Trinajstić information content (AvgIpc) is 2.43. The zero-order valence-corrected chi connectivity index (χ0v) is 10.2. The minimum atomic E-state index is -0.322. The number of hydrogen-bond donors (Lipinski definition) is 1. The topological polar surface area (TPSA) is 38.9 Å². The Kier molecular flexibility index (Phi) is 3.12. The smallest absolute Gasteiger partial charge is 0.180 e. The molecule has 2 rings (SSSR count). The average molecular weight is 257 g/mol. The number of aryl methyl sites for hydroxylation is 1. The van der Waals surface area contributed by atoms with Gasteiger partial charge in [0.1, 0.15) is 5.82 Å². The molecule has 0 aliphatic rings. The van der Waals surface area contributed by atoms with Gasteiger partial charge in [0, 0.05) is 16.3 Å². The lowest BCUT2D eigenvalue weighted by Crippen LogP contribution is -1.89. The Labute approximate surface area is 102 Å². The van der Waals surface area contributed by atoms with Crippen molar-refractivity contribution in [2.75, 3.05) is 5.73 Å². The molecule has 0 bridgehead atoms. The van der Waals surface area contributed by atoms with Gasteiger partial charge in [0.25, 0.3) is 0 Å². The summed E-state index contributed by atoms with van der Waals surface area (Å²) in [6.45, 7) is 1.89. The molecule has 5 heteroatoms. The van der Waals surface area contributed by atoms with Crippen LogP contribution in [0.4, 0.5) is 9.52 Å². The molecular formula is C11H10ClFN2S. The number of anilines is 1. The van der Waals surface area contributed by atoms with Crippen molar-refractivity contribution < 1.29 is 4.39 Å². The number of halogens is 2. The van der Waals surface area contributed by atoms with Crippen LogP contribution in [0.25, 0.3) is 0 Å². The summed E-state index contributed by atoms with van der Waals surface area (Å²) in [4.78, 5) is 5.16. The molecule has 2 aromatic rings. The number of benzene rings is 1. The van der Waals surface area contributed by atoms with Crippen molar-refractivity contribution in [3.63, 3.8) is 0 Å². The maximum atomic E-state index is 13.1. The number of hydrogen-bond acceptors (Lipinski definition) is 3. The summed E-state index contributed by atoms with van der Waals surface area (Å²) in [5, 5.41) is 0.945. The molecule has 0 saturated heterocycles. The van der Waals surface area contributed by atoms with E-state index in [2.05, 4.69) is 4.98 Å². The van der Waals surface area contributed by atoms with E-state index < -0.39 is 0 Å². The molecule has 16 heavy (non-hydrogen) atoms. The van der Waals surface area contributed by atoms with Gasteiger partial charge in [0.2, 0.25) is 0 Å². The number of nitrogens with zero attached hydrogens (tertiary/aromatic N) is 1. The third-order valence-corrected chi connectivity index (χ3v) is 3.40. The van der Waals surface area contributed by atoms with E-state index in [1.165, 1.54) is 23.5 Å². The molecular weight excluding hydrogens is 247 g/mol. The van der Waals surface area contributed by atoms with E-state index in [1.807, 2.05) is 6.92 Å². The molecule has 2 N–H and O–H groups in total. The predicted octanol–water partition coefficient (Wildman–Crippen LogP) is 3.42. The summed E-state index contributed by atoms with van der Waals surface area (Å²) in [5.41, 5.74) is 7.32. The second-order valence-electron chi connectivity index (χ2n) is 3.52. The fourth-order valence-corrected chi connectivity index (χ4v) is 2.62. The van der Waals surface area contributed by atoms with Gasteiger partial charge in [-0.25, -0.2) is 9.37 Å². The largest absolute Gasteiger partial charge is 0.375 e. The Bertz CT molecular complexity index is 504. The van der Waals surface area contributed by atoms with Crippen molar-refractivity contribution >= 4 is 28.1 Å². The molecule has 1 aromatic heterocycles. The van der Waals surface area contributed by atoms with Crippen molar-refractivity contribution in [2.24, 2.45) is 0 Å². The molecule has 0 atom stereocenters. The third kappa shape index (κ3) is 2.51. The van der Waals surface area contributed by atoms with Crippen LogP contribution in [0.15, 0.2) is 18.2 Å².